The number of rotatable bonds is 3. The van der Waals surface area contributed by atoms with Crippen LogP contribution in [0.25, 0.3) is 11.4 Å². The molecule has 4 heteroatoms. The standard InChI is InChI=1S/C16H20ClN3/c1-11-8-14(10-18-16(2,3)4)20-15(19-11)12-6-5-7-13(17)9-12/h5-9,18H,10H2,1-4H3. The predicted molar refractivity (Wildman–Crippen MR) is 83.8 cm³/mol. The van der Waals surface area contributed by atoms with Gasteiger partial charge in [-0.1, -0.05) is 23.7 Å². The van der Waals surface area contributed by atoms with Gasteiger partial charge in [-0.2, -0.15) is 0 Å². The Morgan fingerprint density at radius 3 is 2.55 bits per heavy atom. The van der Waals surface area contributed by atoms with Gasteiger partial charge in [-0.05, 0) is 45.9 Å². The van der Waals surface area contributed by atoms with Crippen molar-refractivity contribution >= 4 is 11.6 Å². The van der Waals surface area contributed by atoms with Crippen molar-refractivity contribution in [3.63, 3.8) is 0 Å². The number of hydrogen-bond acceptors (Lipinski definition) is 3. The maximum absolute atomic E-state index is 6.03. The first-order valence-corrected chi connectivity index (χ1v) is 7.07. The van der Waals surface area contributed by atoms with Gasteiger partial charge in [0.05, 0.1) is 5.69 Å². The molecule has 20 heavy (non-hydrogen) atoms. The highest BCUT2D eigenvalue weighted by Crippen LogP contribution is 2.20. The van der Waals surface area contributed by atoms with Crippen LogP contribution < -0.4 is 5.32 Å². The number of aromatic nitrogens is 2. The van der Waals surface area contributed by atoms with Crippen LogP contribution in [0.3, 0.4) is 0 Å². The Morgan fingerprint density at radius 2 is 1.90 bits per heavy atom. The van der Waals surface area contributed by atoms with Gasteiger partial charge >= 0.3 is 0 Å². The van der Waals surface area contributed by atoms with Crippen molar-refractivity contribution in [2.75, 3.05) is 0 Å². The van der Waals surface area contributed by atoms with E-state index in [0.717, 1.165) is 29.3 Å². The van der Waals surface area contributed by atoms with Crippen molar-refractivity contribution in [1.82, 2.24) is 15.3 Å². The second-order valence-electron chi connectivity index (χ2n) is 5.94. The van der Waals surface area contributed by atoms with Gasteiger partial charge in [-0.15, -0.1) is 0 Å². The average Bonchev–Trinajstić information content (AvgIpc) is 2.35. The number of benzene rings is 1. The molecule has 0 saturated heterocycles. The molecule has 2 aromatic rings. The van der Waals surface area contributed by atoms with Gasteiger partial charge in [0.2, 0.25) is 0 Å². The van der Waals surface area contributed by atoms with Gasteiger partial charge in [-0.25, -0.2) is 9.97 Å². The summed E-state index contributed by atoms with van der Waals surface area (Å²) in [5.41, 5.74) is 2.95. The Kier molecular flexibility index (Phi) is 4.41. The van der Waals surface area contributed by atoms with E-state index in [1.807, 2.05) is 37.3 Å². The van der Waals surface area contributed by atoms with E-state index in [1.165, 1.54) is 0 Å². The molecular weight excluding hydrogens is 270 g/mol. The van der Waals surface area contributed by atoms with Crippen molar-refractivity contribution in [3.8, 4) is 11.4 Å². The van der Waals surface area contributed by atoms with Crippen LogP contribution >= 0.6 is 11.6 Å². The van der Waals surface area contributed by atoms with Crippen molar-refractivity contribution < 1.29 is 0 Å². The summed E-state index contributed by atoms with van der Waals surface area (Å²) in [4.78, 5) is 9.11. The number of aryl methyl sites for hydroxylation is 1. The minimum absolute atomic E-state index is 0.0646. The van der Waals surface area contributed by atoms with Gasteiger partial charge in [0.1, 0.15) is 0 Å². The van der Waals surface area contributed by atoms with Crippen LogP contribution in [0.4, 0.5) is 0 Å². The molecule has 0 fully saturated rings. The average molecular weight is 290 g/mol. The quantitative estimate of drug-likeness (QED) is 0.928. The van der Waals surface area contributed by atoms with Gasteiger partial charge in [0.25, 0.3) is 0 Å². The van der Waals surface area contributed by atoms with Gasteiger partial charge in [0.15, 0.2) is 5.82 Å². The van der Waals surface area contributed by atoms with E-state index in [4.69, 9.17) is 11.6 Å². The van der Waals surface area contributed by atoms with Gasteiger partial charge < -0.3 is 5.32 Å². The smallest absolute Gasteiger partial charge is 0.159 e. The fourth-order valence-corrected chi connectivity index (χ4v) is 2.03. The second-order valence-corrected chi connectivity index (χ2v) is 6.37. The zero-order valence-electron chi connectivity index (χ0n) is 12.4. The Hall–Kier alpha value is -1.45. The van der Waals surface area contributed by atoms with Crippen LogP contribution in [0.5, 0.6) is 0 Å². The minimum atomic E-state index is 0.0646. The molecule has 1 heterocycles. The molecule has 0 atom stereocenters. The molecule has 3 nitrogen and oxygen atoms in total. The van der Waals surface area contributed by atoms with E-state index < -0.39 is 0 Å². The minimum Gasteiger partial charge on any atom is -0.306 e. The highest BCUT2D eigenvalue weighted by molar-refractivity contribution is 6.30. The molecule has 0 amide bonds. The summed E-state index contributed by atoms with van der Waals surface area (Å²) in [6.07, 6.45) is 0. The third-order valence-electron chi connectivity index (χ3n) is 2.79. The van der Waals surface area contributed by atoms with Crippen LogP contribution in [0.1, 0.15) is 32.2 Å². The van der Waals surface area contributed by atoms with Crippen molar-refractivity contribution in [3.05, 3.63) is 46.7 Å². The molecule has 1 N–H and O–H groups in total. The SMILES string of the molecule is Cc1cc(CNC(C)(C)C)nc(-c2cccc(Cl)c2)n1. The first kappa shape index (κ1) is 14.9. The highest BCUT2D eigenvalue weighted by Gasteiger charge is 2.11. The molecule has 0 aliphatic rings. The lowest BCUT2D eigenvalue weighted by Gasteiger charge is -2.20. The normalized spacial score (nSPS) is 11.7. The van der Waals surface area contributed by atoms with Crippen molar-refractivity contribution in [2.24, 2.45) is 0 Å². The molecule has 0 unspecified atom stereocenters. The first-order valence-electron chi connectivity index (χ1n) is 6.69. The molecule has 0 radical (unpaired) electrons. The lowest BCUT2D eigenvalue weighted by Crippen LogP contribution is -2.35. The van der Waals surface area contributed by atoms with Crippen molar-refractivity contribution in [1.29, 1.82) is 0 Å². The molecule has 0 aliphatic carbocycles. The summed E-state index contributed by atoms with van der Waals surface area (Å²) in [7, 11) is 0. The summed E-state index contributed by atoms with van der Waals surface area (Å²) in [6, 6.07) is 9.63. The Bertz CT molecular complexity index is 603. The fourth-order valence-electron chi connectivity index (χ4n) is 1.84. The number of hydrogen-bond donors (Lipinski definition) is 1. The molecule has 0 saturated carbocycles. The monoisotopic (exact) mass is 289 g/mol. The van der Waals surface area contributed by atoms with Crippen LogP contribution in [0.15, 0.2) is 30.3 Å². The van der Waals surface area contributed by atoms with Crippen LogP contribution in [-0.4, -0.2) is 15.5 Å². The topological polar surface area (TPSA) is 37.8 Å². The van der Waals surface area contributed by atoms with Gasteiger partial charge in [0, 0.05) is 28.4 Å². The van der Waals surface area contributed by atoms with Gasteiger partial charge in [-0.3, -0.25) is 0 Å². The van der Waals surface area contributed by atoms with E-state index >= 15 is 0 Å². The van der Waals surface area contributed by atoms with E-state index in [-0.39, 0.29) is 5.54 Å². The largest absolute Gasteiger partial charge is 0.306 e. The molecule has 0 spiro atoms. The maximum Gasteiger partial charge on any atom is 0.159 e. The molecule has 106 valence electrons. The third kappa shape index (κ3) is 4.29. The maximum atomic E-state index is 6.03. The van der Waals surface area contributed by atoms with Crippen LogP contribution in [0.2, 0.25) is 5.02 Å². The second kappa shape index (κ2) is 5.90. The molecular formula is C16H20ClN3. The lowest BCUT2D eigenvalue weighted by atomic mass is 10.1. The zero-order chi connectivity index (χ0) is 14.8. The molecule has 2 rings (SSSR count). The predicted octanol–water partition coefficient (Wildman–Crippen LogP) is 3.99. The summed E-state index contributed by atoms with van der Waals surface area (Å²) < 4.78 is 0. The number of nitrogens with zero attached hydrogens (tertiary/aromatic N) is 2. The molecule has 0 aliphatic heterocycles. The summed E-state index contributed by atoms with van der Waals surface area (Å²) in [5.74, 6) is 0.721. The Balaban J connectivity index is 2.29. The number of nitrogens with one attached hydrogen (secondary N) is 1. The van der Waals surface area contributed by atoms with Crippen LogP contribution in [0, 0.1) is 6.92 Å². The van der Waals surface area contributed by atoms with E-state index in [9.17, 15) is 0 Å². The van der Waals surface area contributed by atoms with E-state index in [0.29, 0.717) is 5.02 Å². The third-order valence-corrected chi connectivity index (χ3v) is 3.03. The Labute approximate surface area is 125 Å². The van der Waals surface area contributed by atoms with E-state index in [2.05, 4.69) is 36.1 Å². The first-order chi connectivity index (χ1) is 9.33. The van der Waals surface area contributed by atoms with Crippen LogP contribution in [-0.2, 0) is 6.54 Å². The van der Waals surface area contributed by atoms with E-state index in [1.54, 1.807) is 0 Å². The number of halogens is 1. The lowest BCUT2D eigenvalue weighted by molar-refractivity contribution is 0.421. The molecule has 0 bridgehead atoms. The fraction of sp³-hybridized carbons (Fsp3) is 0.375. The Morgan fingerprint density at radius 1 is 1.15 bits per heavy atom. The molecule has 1 aromatic heterocycles. The summed E-state index contributed by atoms with van der Waals surface area (Å²) >= 11 is 6.03. The summed E-state index contributed by atoms with van der Waals surface area (Å²) in [6.45, 7) is 9.12. The zero-order valence-corrected chi connectivity index (χ0v) is 13.1. The molecule has 1 aromatic carbocycles. The summed E-state index contributed by atoms with van der Waals surface area (Å²) in [5, 5.41) is 4.14. The highest BCUT2D eigenvalue weighted by atomic mass is 35.5. The van der Waals surface area contributed by atoms with Crippen molar-refractivity contribution in [2.45, 2.75) is 39.8 Å².